The number of halogens is 2. The van der Waals surface area contributed by atoms with E-state index in [1.165, 1.54) is 37.1 Å². The molecule has 2 aromatic carbocycles. The fourth-order valence-electron chi connectivity index (χ4n) is 2.29. The van der Waals surface area contributed by atoms with E-state index in [1.54, 1.807) is 24.3 Å². The number of amides is 2. The summed E-state index contributed by atoms with van der Waals surface area (Å²) in [5, 5.41) is 3.08. The largest absolute Gasteiger partial charge is 0.495 e. The second-order valence-corrected chi connectivity index (χ2v) is 5.71. The fourth-order valence-corrected chi connectivity index (χ4v) is 2.55. The summed E-state index contributed by atoms with van der Waals surface area (Å²) in [5.41, 5.74) is 0.934. The third-order valence-corrected chi connectivity index (χ3v) is 3.79. The van der Waals surface area contributed by atoms with E-state index in [1.807, 2.05) is 0 Å². The Morgan fingerprint density at radius 1 is 1.24 bits per heavy atom. The molecule has 0 saturated heterocycles. The molecule has 0 saturated carbocycles. The van der Waals surface area contributed by atoms with Gasteiger partial charge in [0.25, 0.3) is 0 Å². The first-order valence-electron chi connectivity index (χ1n) is 7.57. The zero-order chi connectivity index (χ0) is 18.4. The molecule has 132 valence electrons. The highest BCUT2D eigenvalue weighted by atomic mass is 35.5. The van der Waals surface area contributed by atoms with E-state index in [0.717, 1.165) is 0 Å². The summed E-state index contributed by atoms with van der Waals surface area (Å²) in [7, 11) is 1.50. The number of nitrogens with one attached hydrogen (secondary N) is 1. The average molecular weight is 365 g/mol. The van der Waals surface area contributed by atoms with Crippen LogP contribution in [0.5, 0.6) is 5.75 Å². The smallest absolute Gasteiger partial charge is 0.226 e. The molecule has 0 spiro atoms. The van der Waals surface area contributed by atoms with Crippen LogP contribution in [-0.4, -0.2) is 25.5 Å². The molecule has 5 nitrogen and oxygen atoms in total. The normalized spacial score (nSPS) is 10.2. The summed E-state index contributed by atoms with van der Waals surface area (Å²) in [6.45, 7) is 1.50. The van der Waals surface area contributed by atoms with Gasteiger partial charge >= 0.3 is 0 Å². The number of ether oxygens (including phenoxy) is 1. The first-order chi connectivity index (χ1) is 11.9. The quantitative estimate of drug-likeness (QED) is 0.846. The van der Waals surface area contributed by atoms with Crippen LogP contribution < -0.4 is 15.0 Å². The van der Waals surface area contributed by atoms with Crippen molar-refractivity contribution in [2.45, 2.75) is 13.3 Å². The summed E-state index contributed by atoms with van der Waals surface area (Å²) in [6.07, 6.45) is 0.0553. The van der Waals surface area contributed by atoms with Crippen LogP contribution >= 0.6 is 11.6 Å². The van der Waals surface area contributed by atoms with Gasteiger partial charge in [-0.3, -0.25) is 9.59 Å². The molecule has 1 N–H and O–H groups in total. The lowest BCUT2D eigenvalue weighted by Crippen LogP contribution is -2.32. The summed E-state index contributed by atoms with van der Waals surface area (Å²) < 4.78 is 18.4. The van der Waals surface area contributed by atoms with Crippen LogP contribution in [0.2, 0.25) is 5.02 Å². The van der Waals surface area contributed by atoms with Crippen molar-refractivity contribution < 1.29 is 18.7 Å². The Balaban J connectivity index is 1.99. The second kappa shape index (κ2) is 8.48. The zero-order valence-electron chi connectivity index (χ0n) is 13.9. The van der Waals surface area contributed by atoms with Gasteiger partial charge < -0.3 is 15.0 Å². The summed E-state index contributed by atoms with van der Waals surface area (Å²) in [5.74, 6) is -0.496. The van der Waals surface area contributed by atoms with E-state index < -0.39 is 5.82 Å². The highest BCUT2D eigenvalue weighted by Crippen LogP contribution is 2.27. The molecular weight excluding hydrogens is 347 g/mol. The minimum absolute atomic E-state index is 0.0553. The number of hydrogen-bond acceptors (Lipinski definition) is 3. The molecule has 0 aliphatic carbocycles. The number of anilines is 2. The Labute approximate surface area is 150 Å². The van der Waals surface area contributed by atoms with E-state index in [0.29, 0.717) is 22.1 Å². The van der Waals surface area contributed by atoms with E-state index in [2.05, 4.69) is 5.32 Å². The first kappa shape index (κ1) is 18.7. The molecule has 7 heteroatoms. The van der Waals surface area contributed by atoms with E-state index >= 15 is 0 Å². The lowest BCUT2D eigenvalue weighted by molar-refractivity contribution is -0.117. The van der Waals surface area contributed by atoms with Crippen LogP contribution in [0, 0.1) is 5.82 Å². The molecule has 0 radical (unpaired) electrons. The number of nitrogens with zero attached hydrogens (tertiary/aromatic N) is 1. The Morgan fingerprint density at radius 3 is 2.60 bits per heavy atom. The van der Waals surface area contributed by atoms with E-state index in [9.17, 15) is 14.0 Å². The standard InChI is InChI=1S/C18H18ClFN2O3/c1-12(23)22(15-5-3-4-13(20)10-15)9-8-18(24)21-14-6-7-17(25-2)16(19)11-14/h3-7,10-11H,8-9H2,1-2H3,(H,21,24). The maximum absolute atomic E-state index is 13.3. The van der Waals surface area contributed by atoms with Crippen LogP contribution in [0.4, 0.5) is 15.8 Å². The summed E-state index contributed by atoms with van der Waals surface area (Å²) in [6, 6.07) is 10.6. The summed E-state index contributed by atoms with van der Waals surface area (Å²) in [4.78, 5) is 25.2. The monoisotopic (exact) mass is 364 g/mol. The van der Waals surface area contributed by atoms with Gasteiger partial charge in [0.2, 0.25) is 11.8 Å². The molecule has 0 fully saturated rings. The number of methoxy groups -OCH3 is 1. The molecule has 0 aliphatic heterocycles. The van der Waals surface area contributed by atoms with Gasteiger partial charge in [-0.2, -0.15) is 0 Å². The van der Waals surface area contributed by atoms with Gasteiger partial charge in [-0.1, -0.05) is 17.7 Å². The van der Waals surface area contributed by atoms with Crippen LogP contribution in [0.3, 0.4) is 0 Å². The van der Waals surface area contributed by atoms with Crippen LogP contribution in [0.1, 0.15) is 13.3 Å². The Kier molecular flexibility index (Phi) is 6.36. The molecule has 2 aromatic rings. The van der Waals surface area contributed by atoms with Gasteiger partial charge in [-0.05, 0) is 36.4 Å². The number of rotatable bonds is 6. The molecule has 2 amide bonds. The van der Waals surface area contributed by atoms with Gasteiger partial charge in [-0.25, -0.2) is 4.39 Å². The maximum Gasteiger partial charge on any atom is 0.226 e. The fraction of sp³-hybridized carbons (Fsp3) is 0.222. The predicted octanol–water partition coefficient (Wildman–Crippen LogP) is 3.87. The van der Waals surface area contributed by atoms with Crippen molar-refractivity contribution in [2.24, 2.45) is 0 Å². The lowest BCUT2D eigenvalue weighted by atomic mass is 10.2. The van der Waals surface area contributed by atoms with Gasteiger partial charge in [0.05, 0.1) is 12.1 Å². The number of hydrogen-bond donors (Lipinski definition) is 1. The van der Waals surface area contributed by atoms with Crippen molar-refractivity contribution in [3.05, 3.63) is 53.3 Å². The predicted molar refractivity (Wildman–Crippen MR) is 95.7 cm³/mol. The van der Waals surface area contributed by atoms with Crippen LogP contribution in [-0.2, 0) is 9.59 Å². The van der Waals surface area contributed by atoms with Gasteiger partial charge in [0.1, 0.15) is 11.6 Å². The van der Waals surface area contributed by atoms with Crippen molar-refractivity contribution in [1.82, 2.24) is 0 Å². The minimum Gasteiger partial charge on any atom is -0.495 e. The number of carbonyl (C=O) groups is 2. The molecule has 0 bridgehead atoms. The second-order valence-electron chi connectivity index (χ2n) is 5.30. The Bertz CT molecular complexity index is 783. The van der Waals surface area contributed by atoms with Gasteiger partial charge in [0.15, 0.2) is 0 Å². The van der Waals surface area contributed by atoms with Crippen molar-refractivity contribution >= 4 is 34.8 Å². The van der Waals surface area contributed by atoms with Crippen molar-refractivity contribution in [3.8, 4) is 5.75 Å². The molecule has 2 rings (SSSR count). The highest BCUT2D eigenvalue weighted by Gasteiger charge is 2.14. The molecular formula is C18H18ClFN2O3. The average Bonchev–Trinajstić information content (AvgIpc) is 2.55. The molecule has 0 aromatic heterocycles. The van der Waals surface area contributed by atoms with E-state index in [-0.39, 0.29) is 24.8 Å². The van der Waals surface area contributed by atoms with Crippen LogP contribution in [0.15, 0.2) is 42.5 Å². The molecule has 0 heterocycles. The molecule has 0 aliphatic rings. The van der Waals surface area contributed by atoms with Crippen molar-refractivity contribution in [2.75, 3.05) is 23.9 Å². The SMILES string of the molecule is COc1ccc(NC(=O)CCN(C(C)=O)c2cccc(F)c2)cc1Cl. The minimum atomic E-state index is -0.443. The highest BCUT2D eigenvalue weighted by molar-refractivity contribution is 6.32. The Hall–Kier alpha value is -2.60. The Morgan fingerprint density at radius 2 is 2.00 bits per heavy atom. The third kappa shape index (κ3) is 5.19. The van der Waals surface area contributed by atoms with Crippen LogP contribution in [0.25, 0.3) is 0 Å². The van der Waals surface area contributed by atoms with Gasteiger partial charge in [-0.15, -0.1) is 0 Å². The number of carbonyl (C=O) groups excluding carboxylic acids is 2. The zero-order valence-corrected chi connectivity index (χ0v) is 14.6. The first-order valence-corrected chi connectivity index (χ1v) is 7.95. The third-order valence-electron chi connectivity index (χ3n) is 3.50. The van der Waals surface area contributed by atoms with E-state index in [4.69, 9.17) is 16.3 Å². The molecule has 0 atom stereocenters. The maximum atomic E-state index is 13.3. The molecule has 25 heavy (non-hydrogen) atoms. The van der Waals surface area contributed by atoms with Crippen molar-refractivity contribution in [3.63, 3.8) is 0 Å². The molecule has 0 unspecified atom stereocenters. The summed E-state index contributed by atoms with van der Waals surface area (Å²) >= 11 is 6.01. The topological polar surface area (TPSA) is 58.6 Å². The lowest BCUT2D eigenvalue weighted by Gasteiger charge is -2.21. The van der Waals surface area contributed by atoms with Crippen molar-refractivity contribution in [1.29, 1.82) is 0 Å². The number of benzene rings is 2. The van der Waals surface area contributed by atoms with Gasteiger partial charge in [0, 0.05) is 31.3 Å².